The zero-order chi connectivity index (χ0) is 22.2. The highest BCUT2D eigenvalue weighted by Gasteiger charge is 2.39. The Balaban J connectivity index is 1.56. The maximum absolute atomic E-state index is 11.3. The second kappa shape index (κ2) is 7.90. The molecule has 0 amide bonds. The van der Waals surface area contributed by atoms with Crippen LogP contribution in [0.4, 0.5) is 11.6 Å². The quantitative estimate of drug-likeness (QED) is 0.499. The fraction of sp³-hybridized carbons (Fsp3) is 0.364. The lowest BCUT2D eigenvalue weighted by atomic mass is 9.81. The number of carboxylic acids is 1. The number of benzene rings is 1. The number of nitrogens with one attached hydrogen (secondary N) is 1. The first kappa shape index (κ1) is 21.2. The highest BCUT2D eigenvalue weighted by molar-refractivity contribution is 7.15. The van der Waals surface area contributed by atoms with Crippen LogP contribution in [-0.4, -0.2) is 36.7 Å². The standard InChI is InChI=1S/C22H24N4O4S/c1-13-9-14(16-12-24-18(31-16)22(29)6-4-7-22)11-15(10-13)25-20-23-8-5-17(26-20)30-21(2,3)19(27)28/h5,8-12,29H,4,6-7H2,1-3H3,(H,27,28)(H,23,25,26). The lowest BCUT2D eigenvalue weighted by Gasteiger charge is -2.34. The largest absolute Gasteiger partial charge is 0.478 e. The molecule has 1 aromatic carbocycles. The van der Waals surface area contributed by atoms with Crippen molar-refractivity contribution in [1.82, 2.24) is 15.0 Å². The highest BCUT2D eigenvalue weighted by atomic mass is 32.1. The van der Waals surface area contributed by atoms with Gasteiger partial charge in [0.25, 0.3) is 0 Å². The molecule has 9 heteroatoms. The number of nitrogens with zero attached hydrogens (tertiary/aromatic N) is 3. The van der Waals surface area contributed by atoms with E-state index in [9.17, 15) is 15.0 Å². The Bertz CT molecular complexity index is 1120. The third-order valence-electron chi connectivity index (χ3n) is 5.21. The molecule has 0 spiro atoms. The molecule has 8 nitrogen and oxygen atoms in total. The minimum atomic E-state index is -1.41. The summed E-state index contributed by atoms with van der Waals surface area (Å²) in [6.07, 6.45) is 5.85. The smallest absolute Gasteiger partial charge is 0.347 e. The maximum Gasteiger partial charge on any atom is 0.347 e. The van der Waals surface area contributed by atoms with Gasteiger partial charge < -0.3 is 20.3 Å². The van der Waals surface area contributed by atoms with Gasteiger partial charge in [0.1, 0.15) is 10.6 Å². The zero-order valence-electron chi connectivity index (χ0n) is 17.5. The van der Waals surface area contributed by atoms with Gasteiger partial charge in [-0.1, -0.05) is 6.07 Å². The van der Waals surface area contributed by atoms with E-state index < -0.39 is 17.2 Å². The Morgan fingerprint density at radius 3 is 2.71 bits per heavy atom. The molecule has 1 aliphatic rings. The SMILES string of the molecule is Cc1cc(Nc2nccc(OC(C)(C)C(=O)O)n2)cc(-c2cnc(C3(O)CCC3)s2)c1. The summed E-state index contributed by atoms with van der Waals surface area (Å²) in [7, 11) is 0. The van der Waals surface area contributed by atoms with Crippen LogP contribution >= 0.6 is 11.3 Å². The van der Waals surface area contributed by atoms with Crippen LogP contribution in [0.1, 0.15) is 43.7 Å². The monoisotopic (exact) mass is 440 g/mol. The molecule has 162 valence electrons. The summed E-state index contributed by atoms with van der Waals surface area (Å²) in [6, 6.07) is 7.50. The topological polar surface area (TPSA) is 117 Å². The molecular weight excluding hydrogens is 416 g/mol. The van der Waals surface area contributed by atoms with Gasteiger partial charge in [-0.3, -0.25) is 0 Å². The van der Waals surface area contributed by atoms with Crippen molar-refractivity contribution in [2.24, 2.45) is 0 Å². The second-order valence-electron chi connectivity index (χ2n) is 8.26. The van der Waals surface area contributed by atoms with Crippen LogP contribution in [0.3, 0.4) is 0 Å². The van der Waals surface area contributed by atoms with Gasteiger partial charge in [0, 0.05) is 24.1 Å². The molecule has 0 unspecified atom stereocenters. The maximum atomic E-state index is 11.3. The van der Waals surface area contributed by atoms with E-state index in [1.165, 1.54) is 37.4 Å². The Kier molecular flexibility index (Phi) is 5.40. The van der Waals surface area contributed by atoms with Crippen molar-refractivity contribution in [1.29, 1.82) is 0 Å². The number of aliphatic carboxylic acids is 1. The van der Waals surface area contributed by atoms with Crippen molar-refractivity contribution in [3.63, 3.8) is 0 Å². The Morgan fingerprint density at radius 2 is 2.03 bits per heavy atom. The molecule has 31 heavy (non-hydrogen) atoms. The molecule has 0 radical (unpaired) electrons. The van der Waals surface area contributed by atoms with E-state index in [0.717, 1.165) is 46.0 Å². The Hall–Kier alpha value is -3.04. The molecule has 0 saturated heterocycles. The van der Waals surface area contributed by atoms with E-state index >= 15 is 0 Å². The predicted octanol–water partition coefficient (Wildman–Crippen LogP) is 4.27. The van der Waals surface area contributed by atoms with Gasteiger partial charge in [0.05, 0.1) is 4.88 Å². The molecular formula is C22H24N4O4S. The van der Waals surface area contributed by atoms with Crippen LogP contribution in [0.2, 0.25) is 0 Å². The molecule has 0 aliphatic heterocycles. The average Bonchev–Trinajstić information content (AvgIpc) is 3.16. The number of aryl methyl sites for hydroxylation is 1. The highest BCUT2D eigenvalue weighted by Crippen LogP contribution is 2.44. The molecule has 4 rings (SSSR count). The van der Waals surface area contributed by atoms with E-state index in [4.69, 9.17) is 4.74 Å². The number of ether oxygens (including phenoxy) is 1. The lowest BCUT2D eigenvalue weighted by molar-refractivity contribution is -0.152. The summed E-state index contributed by atoms with van der Waals surface area (Å²) in [4.78, 5) is 25.2. The predicted molar refractivity (Wildman–Crippen MR) is 118 cm³/mol. The van der Waals surface area contributed by atoms with Crippen LogP contribution in [0.15, 0.2) is 36.7 Å². The fourth-order valence-corrected chi connectivity index (χ4v) is 4.29. The summed E-state index contributed by atoms with van der Waals surface area (Å²) in [6.45, 7) is 4.91. The molecule has 2 aromatic heterocycles. The van der Waals surface area contributed by atoms with Crippen molar-refractivity contribution < 1.29 is 19.7 Å². The van der Waals surface area contributed by atoms with Crippen LogP contribution in [0, 0.1) is 6.92 Å². The van der Waals surface area contributed by atoms with Crippen molar-refractivity contribution in [2.45, 2.75) is 51.2 Å². The van der Waals surface area contributed by atoms with Gasteiger partial charge in [-0.2, -0.15) is 4.98 Å². The summed E-state index contributed by atoms with van der Waals surface area (Å²) in [5, 5.41) is 23.7. The number of rotatable bonds is 7. The van der Waals surface area contributed by atoms with Crippen LogP contribution in [-0.2, 0) is 10.4 Å². The van der Waals surface area contributed by atoms with Gasteiger partial charge in [-0.05, 0) is 63.3 Å². The lowest BCUT2D eigenvalue weighted by Crippen LogP contribution is -2.38. The van der Waals surface area contributed by atoms with Crippen molar-refractivity contribution in [3.05, 3.63) is 47.2 Å². The first-order valence-corrected chi connectivity index (χ1v) is 10.8. The number of hydrogen-bond donors (Lipinski definition) is 3. The van der Waals surface area contributed by atoms with Gasteiger partial charge in [0.15, 0.2) is 0 Å². The first-order chi connectivity index (χ1) is 14.6. The number of aliphatic hydroxyl groups is 1. The van der Waals surface area contributed by atoms with Crippen molar-refractivity contribution in [3.8, 4) is 16.3 Å². The van der Waals surface area contributed by atoms with Crippen molar-refractivity contribution >= 4 is 28.9 Å². The number of carboxylic acid groups (broad SMARTS) is 1. The summed E-state index contributed by atoms with van der Waals surface area (Å²) in [5.41, 5.74) is 0.620. The normalized spacial score (nSPS) is 15.2. The van der Waals surface area contributed by atoms with E-state index in [-0.39, 0.29) is 5.88 Å². The average molecular weight is 441 g/mol. The minimum absolute atomic E-state index is 0.165. The molecule has 1 fully saturated rings. The summed E-state index contributed by atoms with van der Waals surface area (Å²) < 4.78 is 5.49. The molecule has 1 saturated carbocycles. The third kappa shape index (κ3) is 4.52. The minimum Gasteiger partial charge on any atom is -0.478 e. The van der Waals surface area contributed by atoms with Crippen molar-refractivity contribution in [2.75, 3.05) is 5.32 Å². The van der Waals surface area contributed by atoms with Gasteiger partial charge in [-0.25, -0.2) is 14.8 Å². The number of hydrogen-bond acceptors (Lipinski definition) is 8. The van der Waals surface area contributed by atoms with Crippen LogP contribution in [0.25, 0.3) is 10.4 Å². The molecule has 3 aromatic rings. The Labute approximate surface area is 184 Å². The van der Waals surface area contributed by atoms with Gasteiger partial charge >= 0.3 is 5.97 Å². The third-order valence-corrected chi connectivity index (χ3v) is 6.45. The number of thiazole rings is 1. The van der Waals surface area contributed by atoms with Gasteiger partial charge in [0.2, 0.25) is 17.4 Å². The number of aromatic nitrogens is 3. The van der Waals surface area contributed by atoms with Crippen LogP contribution in [0.5, 0.6) is 5.88 Å². The first-order valence-electron chi connectivity index (χ1n) is 9.98. The van der Waals surface area contributed by atoms with Gasteiger partial charge in [-0.15, -0.1) is 11.3 Å². The van der Waals surface area contributed by atoms with Crippen LogP contribution < -0.4 is 10.1 Å². The number of anilines is 2. The summed E-state index contributed by atoms with van der Waals surface area (Å²) in [5.74, 6) is -0.623. The zero-order valence-corrected chi connectivity index (χ0v) is 18.4. The van der Waals surface area contributed by atoms with E-state index in [1.54, 1.807) is 6.20 Å². The van der Waals surface area contributed by atoms with E-state index in [1.807, 2.05) is 19.1 Å². The second-order valence-corrected chi connectivity index (χ2v) is 9.29. The molecule has 1 aliphatic carbocycles. The molecule has 2 heterocycles. The summed E-state index contributed by atoms with van der Waals surface area (Å²) >= 11 is 1.51. The van der Waals surface area contributed by atoms with E-state index in [0.29, 0.717) is 5.95 Å². The number of carbonyl (C=O) groups is 1. The Morgan fingerprint density at radius 1 is 1.26 bits per heavy atom. The molecule has 0 bridgehead atoms. The fourth-order valence-electron chi connectivity index (χ4n) is 3.24. The van der Waals surface area contributed by atoms with E-state index in [2.05, 4.69) is 26.3 Å². The molecule has 0 atom stereocenters. The molecule has 3 N–H and O–H groups in total.